The van der Waals surface area contributed by atoms with Crippen LogP contribution in [0.1, 0.15) is 41.7 Å². The minimum absolute atomic E-state index is 0.338. The Morgan fingerprint density at radius 1 is 1.45 bits per heavy atom. The molecular weight excluding hydrogens is 282 g/mol. The first kappa shape index (κ1) is 13.0. The molecule has 0 aliphatic heterocycles. The minimum Gasteiger partial charge on any atom is -0.461 e. The van der Waals surface area contributed by atoms with Gasteiger partial charge in [0.2, 0.25) is 0 Å². The van der Waals surface area contributed by atoms with E-state index in [1.165, 1.54) is 24.7 Å². The zero-order valence-corrected chi connectivity index (χ0v) is 12.1. The molecule has 1 saturated carbocycles. The third kappa shape index (κ3) is 2.05. The molecule has 0 unspecified atom stereocenters. The number of ether oxygens (including phenoxy) is 1. The molecule has 0 N–H and O–H groups in total. The lowest BCUT2D eigenvalue weighted by Gasteiger charge is -2.09. The van der Waals surface area contributed by atoms with Gasteiger partial charge in [-0.2, -0.15) is 5.10 Å². The highest BCUT2D eigenvalue weighted by Crippen LogP contribution is 2.41. The van der Waals surface area contributed by atoms with Crippen LogP contribution in [-0.2, 0) is 4.74 Å². The Morgan fingerprint density at radius 2 is 2.32 bits per heavy atom. The van der Waals surface area contributed by atoms with Crippen LogP contribution in [0.15, 0.2) is 31.1 Å². The lowest BCUT2D eigenvalue weighted by atomic mass is 10.2. The van der Waals surface area contributed by atoms with Crippen molar-refractivity contribution in [3.8, 4) is 5.69 Å². The maximum absolute atomic E-state index is 12.1. The van der Waals surface area contributed by atoms with Gasteiger partial charge in [0, 0.05) is 6.20 Å². The first-order valence-corrected chi connectivity index (χ1v) is 7.31. The molecule has 0 atom stereocenters. The molecule has 3 heterocycles. The number of carbonyl (C=O) groups is 1. The summed E-state index contributed by atoms with van der Waals surface area (Å²) < 4.78 is 8.57. The molecule has 0 saturated heterocycles. The summed E-state index contributed by atoms with van der Waals surface area (Å²) in [5, 5.41) is 4.18. The third-order valence-corrected chi connectivity index (χ3v) is 3.81. The monoisotopic (exact) mass is 297 g/mol. The third-order valence-electron chi connectivity index (χ3n) is 3.81. The smallest absolute Gasteiger partial charge is 0.356 e. The van der Waals surface area contributed by atoms with Gasteiger partial charge in [0.1, 0.15) is 18.3 Å². The van der Waals surface area contributed by atoms with E-state index in [0.717, 1.165) is 5.69 Å². The fourth-order valence-corrected chi connectivity index (χ4v) is 2.59. The number of imidazole rings is 1. The van der Waals surface area contributed by atoms with Crippen molar-refractivity contribution in [3.63, 3.8) is 0 Å². The van der Waals surface area contributed by atoms with Crippen LogP contribution in [0.5, 0.6) is 0 Å². The predicted molar refractivity (Wildman–Crippen MR) is 78.0 cm³/mol. The van der Waals surface area contributed by atoms with E-state index in [-0.39, 0.29) is 5.97 Å². The molecule has 4 rings (SSSR count). The molecule has 1 aliphatic rings. The molecule has 0 bridgehead atoms. The van der Waals surface area contributed by atoms with Crippen LogP contribution in [0.25, 0.3) is 11.3 Å². The van der Waals surface area contributed by atoms with E-state index in [4.69, 9.17) is 4.74 Å². The molecule has 1 fully saturated rings. The van der Waals surface area contributed by atoms with Gasteiger partial charge in [-0.1, -0.05) is 0 Å². The van der Waals surface area contributed by atoms with E-state index in [1.807, 2.05) is 6.20 Å². The summed E-state index contributed by atoms with van der Waals surface area (Å²) >= 11 is 0. The summed E-state index contributed by atoms with van der Waals surface area (Å²) in [6, 6.07) is 2.07. The maximum Gasteiger partial charge on any atom is 0.356 e. The minimum atomic E-state index is -0.368. The van der Waals surface area contributed by atoms with E-state index >= 15 is 0 Å². The van der Waals surface area contributed by atoms with Gasteiger partial charge in [-0.3, -0.25) is 4.40 Å². The first-order valence-electron chi connectivity index (χ1n) is 7.31. The second-order valence-corrected chi connectivity index (χ2v) is 5.33. The lowest BCUT2D eigenvalue weighted by Crippen LogP contribution is -2.09. The van der Waals surface area contributed by atoms with Gasteiger partial charge in [0.25, 0.3) is 0 Å². The molecule has 0 spiro atoms. The number of pyridine rings is 1. The average Bonchev–Trinajstić information content (AvgIpc) is 3.07. The molecule has 3 aromatic rings. The van der Waals surface area contributed by atoms with Crippen molar-refractivity contribution >= 4 is 11.6 Å². The fourth-order valence-electron chi connectivity index (χ4n) is 2.59. The number of carbonyl (C=O) groups excluding carboxylic acids is 1. The second-order valence-electron chi connectivity index (χ2n) is 5.33. The topological polar surface area (TPSA) is 74.3 Å². The van der Waals surface area contributed by atoms with Gasteiger partial charge in [-0.25, -0.2) is 19.4 Å². The molecule has 0 amide bonds. The summed E-state index contributed by atoms with van der Waals surface area (Å²) in [6.07, 6.45) is 8.98. The first-order chi connectivity index (χ1) is 10.8. The van der Waals surface area contributed by atoms with Crippen LogP contribution in [0.4, 0.5) is 0 Å². The number of aromatic nitrogens is 5. The number of nitrogens with zero attached hydrogens (tertiary/aromatic N) is 5. The molecule has 1 aliphatic carbocycles. The van der Waals surface area contributed by atoms with Crippen LogP contribution in [0.2, 0.25) is 0 Å². The van der Waals surface area contributed by atoms with Crippen molar-refractivity contribution in [2.45, 2.75) is 25.7 Å². The Labute approximate surface area is 126 Å². The van der Waals surface area contributed by atoms with Gasteiger partial charge in [0.05, 0.1) is 12.8 Å². The van der Waals surface area contributed by atoms with Crippen LogP contribution in [0, 0.1) is 0 Å². The van der Waals surface area contributed by atoms with Gasteiger partial charge in [-0.05, 0) is 37.3 Å². The summed E-state index contributed by atoms with van der Waals surface area (Å²) in [7, 11) is 0. The Morgan fingerprint density at radius 3 is 3.00 bits per heavy atom. The zero-order valence-electron chi connectivity index (χ0n) is 12.1. The van der Waals surface area contributed by atoms with Crippen molar-refractivity contribution < 1.29 is 9.53 Å². The standard InChI is InChI=1S/C15H15N5O2/c1-2-22-15(21)13-6-17-14-12(20-9-16-8-18-20)5-11(7-19(13)14)10-3-4-10/h5-10H,2-4H2,1H3. The number of esters is 1. The second kappa shape index (κ2) is 4.94. The van der Waals surface area contributed by atoms with Gasteiger partial charge in [-0.15, -0.1) is 0 Å². The van der Waals surface area contributed by atoms with Crippen molar-refractivity contribution in [3.05, 3.63) is 42.4 Å². The molecule has 112 valence electrons. The normalized spacial score (nSPS) is 14.4. The number of fused-ring (bicyclic) bond motifs is 1. The lowest BCUT2D eigenvalue weighted by molar-refractivity contribution is 0.0518. The average molecular weight is 297 g/mol. The van der Waals surface area contributed by atoms with Crippen molar-refractivity contribution in [2.24, 2.45) is 0 Å². The van der Waals surface area contributed by atoms with Gasteiger partial charge >= 0.3 is 5.97 Å². The molecule has 0 aromatic carbocycles. The largest absolute Gasteiger partial charge is 0.461 e. The highest BCUT2D eigenvalue weighted by Gasteiger charge is 2.26. The Bertz CT molecular complexity index is 833. The number of rotatable bonds is 4. The Kier molecular flexibility index (Phi) is 2.92. The SMILES string of the molecule is CCOC(=O)c1cnc2c(-n3cncn3)cc(C3CC3)cn12. The van der Waals surface area contributed by atoms with Crippen molar-refractivity contribution in [1.82, 2.24) is 24.1 Å². The van der Waals surface area contributed by atoms with Crippen LogP contribution in [-0.4, -0.2) is 36.7 Å². The number of hydrogen-bond donors (Lipinski definition) is 0. The van der Waals surface area contributed by atoms with Crippen LogP contribution in [0.3, 0.4) is 0 Å². The van der Waals surface area contributed by atoms with E-state index in [9.17, 15) is 4.79 Å². The Hall–Kier alpha value is -2.70. The van der Waals surface area contributed by atoms with Crippen molar-refractivity contribution in [2.75, 3.05) is 6.61 Å². The fraction of sp³-hybridized carbons (Fsp3) is 0.333. The van der Waals surface area contributed by atoms with Crippen molar-refractivity contribution in [1.29, 1.82) is 0 Å². The van der Waals surface area contributed by atoms with E-state index in [0.29, 0.717) is 23.9 Å². The predicted octanol–water partition coefficient (Wildman–Crippen LogP) is 1.97. The molecule has 7 heteroatoms. The highest BCUT2D eigenvalue weighted by atomic mass is 16.5. The van der Waals surface area contributed by atoms with Gasteiger partial charge in [0.15, 0.2) is 11.3 Å². The summed E-state index contributed by atoms with van der Waals surface area (Å²) in [6.45, 7) is 2.13. The highest BCUT2D eigenvalue weighted by molar-refractivity contribution is 5.89. The molecular formula is C15H15N5O2. The summed E-state index contributed by atoms with van der Waals surface area (Å²) in [5.41, 5.74) is 3.10. The summed E-state index contributed by atoms with van der Waals surface area (Å²) in [4.78, 5) is 20.5. The van der Waals surface area contributed by atoms with E-state index in [1.54, 1.807) is 28.5 Å². The quantitative estimate of drug-likeness (QED) is 0.688. The molecule has 7 nitrogen and oxygen atoms in total. The zero-order chi connectivity index (χ0) is 15.1. The molecule has 3 aromatic heterocycles. The van der Waals surface area contributed by atoms with Crippen LogP contribution >= 0.6 is 0 Å². The molecule has 0 radical (unpaired) electrons. The van der Waals surface area contributed by atoms with Gasteiger partial charge < -0.3 is 4.74 Å². The van der Waals surface area contributed by atoms with Crippen LogP contribution < -0.4 is 0 Å². The summed E-state index contributed by atoms with van der Waals surface area (Å²) in [5.74, 6) is 0.177. The Balaban J connectivity index is 1.93. The van der Waals surface area contributed by atoms with E-state index < -0.39 is 0 Å². The number of hydrogen-bond acceptors (Lipinski definition) is 5. The van der Waals surface area contributed by atoms with E-state index in [2.05, 4.69) is 21.1 Å². The molecule has 22 heavy (non-hydrogen) atoms. The maximum atomic E-state index is 12.1.